The second-order valence-electron chi connectivity index (χ2n) is 15.3. The van der Waals surface area contributed by atoms with Gasteiger partial charge in [-0.2, -0.15) is 13.2 Å². The van der Waals surface area contributed by atoms with Crippen LogP contribution in [-0.2, 0) is 6.18 Å². The van der Waals surface area contributed by atoms with E-state index in [9.17, 15) is 17.6 Å². The average Bonchev–Trinajstić information content (AvgIpc) is 3.27. The first-order chi connectivity index (χ1) is 28.8. The van der Waals surface area contributed by atoms with E-state index in [4.69, 9.17) is 0 Å². The highest BCUT2D eigenvalue weighted by Gasteiger charge is 2.30. The first-order valence-electron chi connectivity index (χ1n) is 19.6. The normalized spacial score (nSPS) is 12.1. The molecular weight excluding hydrogens is 737 g/mol. The molecule has 0 saturated heterocycles. The fourth-order valence-corrected chi connectivity index (χ4v) is 9.14. The van der Waals surface area contributed by atoms with Crippen LogP contribution in [-0.4, -0.2) is 0 Å². The summed E-state index contributed by atoms with van der Waals surface area (Å²) < 4.78 is 57.0. The van der Waals surface area contributed by atoms with Crippen molar-refractivity contribution >= 4 is 64.6 Å². The Morgan fingerprint density at radius 2 is 0.831 bits per heavy atom. The molecule has 280 valence electrons. The molecule has 11 aromatic rings. The predicted molar refractivity (Wildman–Crippen MR) is 238 cm³/mol. The summed E-state index contributed by atoms with van der Waals surface area (Å²) in [5, 5.41) is 12.6. The van der Waals surface area contributed by atoms with Crippen molar-refractivity contribution in [2.45, 2.75) is 6.18 Å². The summed E-state index contributed by atoms with van der Waals surface area (Å²) in [4.78, 5) is 0. The second kappa shape index (κ2) is 13.4. The minimum absolute atomic E-state index is 0.296. The van der Waals surface area contributed by atoms with Gasteiger partial charge in [-0.1, -0.05) is 133 Å². The Hall–Kier alpha value is -7.30. The van der Waals surface area contributed by atoms with Crippen molar-refractivity contribution in [3.63, 3.8) is 0 Å². The fraction of sp³-hybridized carbons (Fsp3) is 0.0182. The van der Waals surface area contributed by atoms with Crippen LogP contribution in [0.2, 0.25) is 0 Å². The predicted octanol–water partition coefficient (Wildman–Crippen LogP) is 16.4. The maximum atomic E-state index is 14.3. The van der Waals surface area contributed by atoms with Gasteiger partial charge >= 0.3 is 6.18 Å². The average molecular weight is 769 g/mol. The Morgan fingerprint density at radius 1 is 0.288 bits per heavy atom. The molecule has 0 atom stereocenters. The summed E-state index contributed by atoms with van der Waals surface area (Å²) in [5.41, 5.74) is 6.24. The van der Waals surface area contributed by atoms with E-state index in [0.29, 0.717) is 11.1 Å². The molecule has 11 aromatic carbocycles. The van der Waals surface area contributed by atoms with Crippen molar-refractivity contribution < 1.29 is 17.6 Å². The number of benzene rings is 11. The van der Waals surface area contributed by atoms with Crippen molar-refractivity contribution in [1.29, 1.82) is 0 Å². The van der Waals surface area contributed by atoms with Crippen molar-refractivity contribution in [3.05, 3.63) is 206 Å². The van der Waals surface area contributed by atoms with Crippen molar-refractivity contribution in [1.82, 2.24) is 0 Å². The lowest BCUT2D eigenvalue weighted by Crippen LogP contribution is -2.04. The first kappa shape index (κ1) is 34.9. The van der Waals surface area contributed by atoms with Gasteiger partial charge in [0.15, 0.2) is 0 Å². The summed E-state index contributed by atoms with van der Waals surface area (Å²) >= 11 is 0. The van der Waals surface area contributed by atoms with Crippen LogP contribution in [0.25, 0.3) is 109 Å². The molecule has 0 aliphatic carbocycles. The van der Waals surface area contributed by atoms with Crippen LogP contribution in [0.4, 0.5) is 17.6 Å². The minimum Gasteiger partial charge on any atom is -0.207 e. The van der Waals surface area contributed by atoms with Crippen LogP contribution >= 0.6 is 0 Å². The van der Waals surface area contributed by atoms with Gasteiger partial charge in [0.1, 0.15) is 5.82 Å². The lowest BCUT2D eigenvalue weighted by Gasteiger charge is -2.21. The van der Waals surface area contributed by atoms with Gasteiger partial charge in [0.25, 0.3) is 0 Å². The Morgan fingerprint density at radius 3 is 1.49 bits per heavy atom. The number of hydrogen-bond donors (Lipinski definition) is 0. The topological polar surface area (TPSA) is 0 Å². The van der Waals surface area contributed by atoms with Crippen LogP contribution in [0.1, 0.15) is 5.56 Å². The Bertz CT molecular complexity index is 3490. The van der Waals surface area contributed by atoms with E-state index in [1.807, 2.05) is 30.3 Å². The highest BCUT2D eigenvalue weighted by atomic mass is 19.4. The molecular formula is C55H32F4. The van der Waals surface area contributed by atoms with E-state index in [-0.39, 0.29) is 5.82 Å². The van der Waals surface area contributed by atoms with E-state index in [2.05, 4.69) is 115 Å². The smallest absolute Gasteiger partial charge is 0.207 e. The number of alkyl halides is 3. The largest absolute Gasteiger partial charge is 0.416 e. The lowest BCUT2D eigenvalue weighted by atomic mass is 9.82. The molecule has 0 fully saturated rings. The van der Waals surface area contributed by atoms with Gasteiger partial charge in [-0.15, -0.1) is 0 Å². The molecule has 0 unspecified atom stereocenters. The van der Waals surface area contributed by atoms with E-state index in [1.165, 1.54) is 24.3 Å². The summed E-state index contributed by atoms with van der Waals surface area (Å²) in [6.07, 6.45) is -4.50. The summed E-state index contributed by atoms with van der Waals surface area (Å²) in [6, 6.07) is 62.8. The molecule has 0 aromatic heterocycles. The quantitative estimate of drug-likeness (QED) is 0.0950. The van der Waals surface area contributed by atoms with Gasteiger partial charge in [0.2, 0.25) is 0 Å². The Balaban J connectivity index is 1.34. The van der Waals surface area contributed by atoms with Gasteiger partial charge in [-0.3, -0.25) is 0 Å². The highest BCUT2D eigenvalue weighted by Crippen LogP contribution is 2.48. The van der Waals surface area contributed by atoms with Crippen LogP contribution < -0.4 is 0 Å². The van der Waals surface area contributed by atoms with Crippen molar-refractivity contribution in [2.75, 3.05) is 0 Å². The summed E-state index contributed by atoms with van der Waals surface area (Å²) in [7, 11) is 0. The molecule has 0 radical (unpaired) electrons. The SMILES string of the molecule is Fc1ccc(-c2ccc3c(-c4cc5ccccc5c5ccccc45)c4cc(-c5cccc(C(F)(F)F)c5)cc(-c5cc6ccccc6c6ccccc56)c4cc3c2)cc1. The van der Waals surface area contributed by atoms with Crippen molar-refractivity contribution in [3.8, 4) is 44.5 Å². The van der Waals surface area contributed by atoms with E-state index in [1.54, 1.807) is 18.2 Å². The molecule has 0 aliphatic rings. The van der Waals surface area contributed by atoms with E-state index in [0.717, 1.165) is 104 Å². The van der Waals surface area contributed by atoms with Gasteiger partial charge in [0, 0.05) is 0 Å². The molecule has 0 heterocycles. The van der Waals surface area contributed by atoms with E-state index >= 15 is 0 Å². The zero-order valence-corrected chi connectivity index (χ0v) is 31.5. The molecule has 0 saturated carbocycles. The third-order valence-electron chi connectivity index (χ3n) is 11.9. The van der Waals surface area contributed by atoms with Crippen molar-refractivity contribution in [2.24, 2.45) is 0 Å². The van der Waals surface area contributed by atoms with Gasteiger partial charge in [-0.25, -0.2) is 4.39 Å². The minimum atomic E-state index is -4.50. The molecule has 59 heavy (non-hydrogen) atoms. The maximum Gasteiger partial charge on any atom is 0.416 e. The number of halogens is 4. The first-order valence-corrected chi connectivity index (χ1v) is 19.6. The molecule has 0 aliphatic heterocycles. The zero-order valence-electron chi connectivity index (χ0n) is 31.5. The van der Waals surface area contributed by atoms with Crippen LogP contribution in [0.15, 0.2) is 194 Å². The Kier molecular flexibility index (Phi) is 7.92. The molecule has 11 rings (SSSR count). The molecule has 0 spiro atoms. The van der Waals surface area contributed by atoms with Crippen LogP contribution in [0.5, 0.6) is 0 Å². The van der Waals surface area contributed by atoms with Crippen LogP contribution in [0, 0.1) is 5.82 Å². The molecule has 0 amide bonds. The van der Waals surface area contributed by atoms with Gasteiger partial charge in [-0.05, 0) is 170 Å². The van der Waals surface area contributed by atoms with Gasteiger partial charge < -0.3 is 0 Å². The van der Waals surface area contributed by atoms with Gasteiger partial charge in [0.05, 0.1) is 5.56 Å². The number of hydrogen-bond acceptors (Lipinski definition) is 0. The molecule has 0 nitrogen and oxygen atoms in total. The van der Waals surface area contributed by atoms with Crippen LogP contribution in [0.3, 0.4) is 0 Å². The summed E-state index contributed by atoms with van der Waals surface area (Å²) in [6.45, 7) is 0. The fourth-order valence-electron chi connectivity index (χ4n) is 9.14. The zero-order chi connectivity index (χ0) is 39.8. The second-order valence-corrected chi connectivity index (χ2v) is 15.3. The lowest BCUT2D eigenvalue weighted by molar-refractivity contribution is -0.137. The maximum absolute atomic E-state index is 14.3. The monoisotopic (exact) mass is 768 g/mol. The number of rotatable bonds is 4. The molecule has 0 bridgehead atoms. The molecule has 0 N–H and O–H groups in total. The Labute approximate surface area is 337 Å². The summed E-state index contributed by atoms with van der Waals surface area (Å²) in [5.74, 6) is -0.296. The standard InChI is InChI=1S/C55H32F4/c56-41-23-20-33(21-24-41)35-22-25-44-39(26-35)32-51-50(49-28-36-10-1-3-14-42(36)45-16-5-7-18-47(45)49)30-38(34-12-9-13-40(27-34)55(57,58)59)31-53(51)54(44)52-29-37-11-2-4-15-43(37)46-17-6-8-19-48(46)52/h1-32H. The van der Waals surface area contributed by atoms with E-state index < -0.39 is 11.7 Å². The highest BCUT2D eigenvalue weighted by molar-refractivity contribution is 6.25. The molecule has 4 heteroatoms. The third-order valence-corrected chi connectivity index (χ3v) is 11.9. The number of fused-ring (bicyclic) bond motifs is 8. The third kappa shape index (κ3) is 5.82.